The van der Waals surface area contributed by atoms with E-state index in [4.69, 9.17) is 5.41 Å². The molecule has 5 nitrogen and oxygen atoms in total. The second-order valence-corrected chi connectivity index (χ2v) is 6.82. The zero-order valence-electron chi connectivity index (χ0n) is 14.3. The van der Waals surface area contributed by atoms with Crippen LogP contribution in [-0.2, 0) is 6.18 Å². The Morgan fingerprint density at radius 3 is 2.52 bits per heavy atom. The molecule has 0 radical (unpaired) electrons. The van der Waals surface area contributed by atoms with E-state index in [1.807, 2.05) is 6.08 Å². The zero-order valence-corrected chi connectivity index (χ0v) is 14.3. The number of halogens is 4. The molecule has 0 aromatic carbocycles. The molecule has 9 heteroatoms. The third-order valence-electron chi connectivity index (χ3n) is 4.61. The van der Waals surface area contributed by atoms with Gasteiger partial charge in [-0.25, -0.2) is 14.4 Å². The van der Waals surface area contributed by atoms with E-state index in [0.29, 0.717) is 32.1 Å². The Kier molecular flexibility index (Phi) is 5.23. The van der Waals surface area contributed by atoms with Gasteiger partial charge in [-0.3, -0.25) is 4.79 Å². The molecule has 3 rings (SSSR count). The van der Waals surface area contributed by atoms with Crippen molar-refractivity contribution in [3.63, 3.8) is 0 Å². The lowest BCUT2D eigenvalue weighted by molar-refractivity contribution is -0.141. The zero-order chi connectivity index (χ0) is 19.7. The quantitative estimate of drug-likeness (QED) is 0.450. The highest BCUT2D eigenvalue weighted by Crippen LogP contribution is 2.30. The lowest BCUT2D eigenvalue weighted by Gasteiger charge is -2.35. The third-order valence-corrected chi connectivity index (χ3v) is 4.61. The van der Waals surface area contributed by atoms with Crippen LogP contribution in [0.3, 0.4) is 0 Å². The molecule has 1 fully saturated rings. The second-order valence-electron chi connectivity index (χ2n) is 6.82. The van der Waals surface area contributed by atoms with Crippen molar-refractivity contribution in [3.05, 3.63) is 47.6 Å². The Morgan fingerprint density at radius 1 is 1.30 bits per heavy atom. The largest absolute Gasteiger partial charge is 0.434 e. The van der Waals surface area contributed by atoms with Gasteiger partial charge in [-0.15, -0.1) is 0 Å². The Morgan fingerprint density at radius 2 is 2.04 bits per heavy atom. The van der Waals surface area contributed by atoms with Crippen LogP contribution in [0.25, 0.3) is 0 Å². The lowest BCUT2D eigenvalue weighted by Crippen LogP contribution is -2.56. The van der Waals surface area contributed by atoms with Crippen molar-refractivity contribution >= 4 is 11.5 Å². The summed E-state index contributed by atoms with van der Waals surface area (Å²) < 4.78 is 51.5. The van der Waals surface area contributed by atoms with Crippen molar-refractivity contribution in [2.45, 2.75) is 31.1 Å². The Bertz CT molecular complexity index is 795. The van der Waals surface area contributed by atoms with Gasteiger partial charge in [0.1, 0.15) is 11.4 Å². The number of carbonyl (C=O) groups excluding carboxylic acids is 1. The molecule has 1 aromatic heterocycles. The van der Waals surface area contributed by atoms with Gasteiger partial charge in [0.25, 0.3) is 0 Å². The number of Topliss-reactive ketones (excluding diaryl/α,β-unsaturated/α-hetero) is 1. The van der Waals surface area contributed by atoms with E-state index in [1.165, 1.54) is 0 Å². The van der Waals surface area contributed by atoms with Crippen LogP contribution in [0, 0.1) is 11.3 Å². The molecule has 2 aliphatic rings. The molecule has 1 aliphatic heterocycles. The highest BCUT2D eigenvalue weighted by Gasteiger charge is 2.37. The van der Waals surface area contributed by atoms with E-state index in [9.17, 15) is 22.4 Å². The van der Waals surface area contributed by atoms with Gasteiger partial charge in [0, 0.05) is 31.1 Å². The molecule has 0 amide bonds. The fourth-order valence-corrected chi connectivity index (χ4v) is 2.95. The first-order valence-electron chi connectivity index (χ1n) is 8.43. The number of rotatable bonds is 6. The minimum Gasteiger partial charge on any atom is -0.310 e. The Balaban J connectivity index is 1.54. The van der Waals surface area contributed by atoms with Gasteiger partial charge >= 0.3 is 6.18 Å². The van der Waals surface area contributed by atoms with Crippen LogP contribution < -0.4 is 5.32 Å². The summed E-state index contributed by atoms with van der Waals surface area (Å²) in [5, 5.41) is 11.0. The summed E-state index contributed by atoms with van der Waals surface area (Å²) in [5.74, 6) is -0.858. The molecular formula is C18H18F4N4O. The van der Waals surface area contributed by atoms with Crippen LogP contribution in [0.4, 0.5) is 17.6 Å². The van der Waals surface area contributed by atoms with E-state index in [0.717, 1.165) is 11.8 Å². The number of nitrogens with zero attached hydrogens (tertiary/aromatic N) is 2. The standard InChI is InChI=1S/C18H18F4N4O/c19-17(9-24-10-17)6-11-1-3-12(4-2-11)13(23)5-15(27)14-7-26-16(8-25-14)18(20,21)22/h1-3,7-8,12,23-24H,4-6,9-10H2. The molecule has 1 aliphatic carbocycles. The van der Waals surface area contributed by atoms with Gasteiger partial charge in [-0.05, 0) is 12.0 Å². The number of allylic oxidation sites excluding steroid dienone is 4. The maximum Gasteiger partial charge on any atom is 0.434 e. The predicted molar refractivity (Wildman–Crippen MR) is 90.4 cm³/mol. The summed E-state index contributed by atoms with van der Waals surface area (Å²) in [6, 6.07) is 0. The fraction of sp³-hybridized carbons (Fsp3) is 0.444. The number of carbonyl (C=O) groups is 1. The summed E-state index contributed by atoms with van der Waals surface area (Å²) >= 11 is 0. The molecule has 144 valence electrons. The summed E-state index contributed by atoms with van der Waals surface area (Å²) in [6.45, 7) is 0.667. The molecule has 1 atom stereocenters. The normalized spacial score (nSPS) is 21.3. The third kappa shape index (κ3) is 4.65. The first-order chi connectivity index (χ1) is 12.7. The first kappa shape index (κ1) is 19.3. The van der Waals surface area contributed by atoms with Gasteiger partial charge in [0.05, 0.1) is 18.8 Å². The monoisotopic (exact) mass is 382 g/mol. The molecule has 2 heterocycles. The Hall–Kier alpha value is -2.42. The van der Waals surface area contributed by atoms with Crippen molar-refractivity contribution in [1.82, 2.24) is 15.3 Å². The number of hydrogen-bond donors (Lipinski definition) is 2. The lowest BCUT2D eigenvalue weighted by atomic mass is 9.84. The van der Waals surface area contributed by atoms with Gasteiger partial charge in [0.15, 0.2) is 11.5 Å². The smallest absolute Gasteiger partial charge is 0.310 e. The van der Waals surface area contributed by atoms with E-state index in [1.54, 1.807) is 12.2 Å². The molecule has 27 heavy (non-hydrogen) atoms. The molecule has 2 N–H and O–H groups in total. The van der Waals surface area contributed by atoms with Crippen LogP contribution >= 0.6 is 0 Å². The van der Waals surface area contributed by atoms with Crippen LogP contribution in [0.2, 0.25) is 0 Å². The van der Waals surface area contributed by atoms with Crippen molar-refractivity contribution in [1.29, 1.82) is 5.41 Å². The summed E-state index contributed by atoms with van der Waals surface area (Å²) in [6.07, 6.45) is 2.61. The highest BCUT2D eigenvalue weighted by molar-refractivity contribution is 6.08. The number of ketones is 1. The predicted octanol–water partition coefficient (Wildman–Crippen LogP) is 3.29. The molecule has 0 spiro atoms. The van der Waals surface area contributed by atoms with E-state index >= 15 is 0 Å². The van der Waals surface area contributed by atoms with Gasteiger partial charge in [-0.2, -0.15) is 13.2 Å². The summed E-state index contributed by atoms with van der Waals surface area (Å²) in [7, 11) is 0. The van der Waals surface area contributed by atoms with Crippen molar-refractivity contribution in [2.75, 3.05) is 13.1 Å². The molecular weight excluding hydrogens is 364 g/mol. The molecule has 0 bridgehead atoms. The van der Waals surface area contributed by atoms with Crippen LogP contribution in [0.1, 0.15) is 35.4 Å². The number of alkyl halides is 4. The second kappa shape index (κ2) is 7.30. The van der Waals surface area contributed by atoms with Gasteiger partial charge < -0.3 is 10.7 Å². The van der Waals surface area contributed by atoms with Crippen molar-refractivity contribution < 1.29 is 22.4 Å². The van der Waals surface area contributed by atoms with E-state index in [-0.39, 0.29) is 23.7 Å². The summed E-state index contributed by atoms with van der Waals surface area (Å²) in [5.41, 5.74) is -1.60. The van der Waals surface area contributed by atoms with Gasteiger partial charge in [-0.1, -0.05) is 18.2 Å². The molecule has 0 saturated carbocycles. The minimum atomic E-state index is -4.62. The van der Waals surface area contributed by atoms with Crippen LogP contribution in [0.5, 0.6) is 0 Å². The van der Waals surface area contributed by atoms with E-state index < -0.39 is 23.3 Å². The van der Waals surface area contributed by atoms with Crippen molar-refractivity contribution in [2.24, 2.45) is 5.92 Å². The molecule has 1 aromatic rings. The maximum absolute atomic E-state index is 14.1. The fourth-order valence-electron chi connectivity index (χ4n) is 2.95. The summed E-state index contributed by atoms with van der Waals surface area (Å²) in [4.78, 5) is 18.8. The highest BCUT2D eigenvalue weighted by atomic mass is 19.4. The number of nitrogens with one attached hydrogen (secondary N) is 2. The Labute approximate surface area is 153 Å². The SMILES string of the molecule is N=C(CC(=O)c1cnc(C(F)(F)F)cn1)C1C=CC(CC2(F)CNC2)=CC1. The molecule has 1 unspecified atom stereocenters. The number of aromatic nitrogens is 2. The number of hydrogen-bond acceptors (Lipinski definition) is 5. The average molecular weight is 382 g/mol. The van der Waals surface area contributed by atoms with Crippen LogP contribution in [-0.4, -0.2) is 40.2 Å². The van der Waals surface area contributed by atoms with Gasteiger partial charge in [0.2, 0.25) is 0 Å². The van der Waals surface area contributed by atoms with E-state index in [2.05, 4.69) is 15.3 Å². The average Bonchev–Trinajstić information content (AvgIpc) is 2.60. The topological polar surface area (TPSA) is 78.7 Å². The molecule has 1 saturated heterocycles. The minimum absolute atomic E-state index is 0.133. The maximum atomic E-state index is 14.1. The van der Waals surface area contributed by atoms with Crippen LogP contribution in [0.15, 0.2) is 36.2 Å². The van der Waals surface area contributed by atoms with Crippen molar-refractivity contribution in [3.8, 4) is 0 Å². The first-order valence-corrected chi connectivity index (χ1v) is 8.43.